The molecule has 5 N–H and O–H groups in total. The van der Waals surface area contributed by atoms with Gasteiger partial charge < -0.3 is 30.2 Å². The summed E-state index contributed by atoms with van der Waals surface area (Å²) in [6.45, 7) is 0.484. The normalized spacial score (nSPS) is 11.3. The molecule has 242 valence electrons. The number of carbonyl (C=O) groups excluding carboxylic acids is 1. The number of anilines is 1. The highest BCUT2D eigenvalue weighted by atomic mass is 16.6. The van der Waals surface area contributed by atoms with Crippen LogP contribution >= 0.6 is 0 Å². The quantitative estimate of drug-likeness (QED) is 0.0644. The molecule has 0 fully saturated rings. The second-order valence-electron chi connectivity index (χ2n) is 9.72. The van der Waals surface area contributed by atoms with E-state index in [-0.39, 0.29) is 30.0 Å². The lowest BCUT2D eigenvalue weighted by molar-refractivity contribution is -0.385. The lowest BCUT2D eigenvalue weighted by Crippen LogP contribution is -2.22. The Kier molecular flexibility index (Phi) is 10.7. The van der Waals surface area contributed by atoms with Crippen LogP contribution < -0.4 is 20.3 Å². The average Bonchev–Trinajstić information content (AvgIpc) is 3.05. The summed E-state index contributed by atoms with van der Waals surface area (Å²) in [6, 6.07) is 18.0. The number of nitrogens with zero attached hydrogens (tertiary/aromatic N) is 2. The lowest BCUT2D eigenvalue weighted by Gasteiger charge is -2.18. The Bertz CT molecular complexity index is 1750. The molecule has 0 spiro atoms. The molecular formula is C31H26N4O12. The smallest absolute Gasteiger partial charge is 0.336 e. The molecule has 0 bridgehead atoms. The highest BCUT2D eigenvalue weighted by molar-refractivity contribution is 6.13. The number of carboxylic acid groups (broad SMARTS) is 2. The van der Waals surface area contributed by atoms with Crippen LogP contribution in [0, 0.1) is 20.2 Å². The molecular weight excluding hydrogens is 620 g/mol. The van der Waals surface area contributed by atoms with Gasteiger partial charge in [-0.05, 0) is 54.1 Å². The zero-order chi connectivity index (χ0) is 34.1. The van der Waals surface area contributed by atoms with Gasteiger partial charge >= 0.3 is 11.9 Å². The van der Waals surface area contributed by atoms with Gasteiger partial charge in [-0.1, -0.05) is 24.3 Å². The summed E-state index contributed by atoms with van der Waals surface area (Å²) in [5.74, 6) is -2.94. The molecule has 16 heteroatoms. The Morgan fingerprint density at radius 1 is 0.723 bits per heavy atom. The highest BCUT2D eigenvalue weighted by Gasteiger charge is 2.30. The first-order valence-corrected chi connectivity index (χ1v) is 13.7. The predicted octanol–water partition coefficient (Wildman–Crippen LogP) is 5.07. The largest absolute Gasteiger partial charge is 0.493 e. The molecule has 0 heterocycles. The lowest BCUT2D eigenvalue weighted by atomic mass is 9.93. The molecule has 4 aromatic rings. The van der Waals surface area contributed by atoms with Crippen LogP contribution in [0.25, 0.3) is 0 Å². The van der Waals surface area contributed by atoms with Gasteiger partial charge in [0.05, 0.1) is 45.8 Å². The number of nitro benzene ring substituents is 2. The molecule has 16 nitrogen and oxygen atoms in total. The van der Waals surface area contributed by atoms with Gasteiger partial charge in [0.1, 0.15) is 17.1 Å². The Morgan fingerprint density at radius 3 is 1.74 bits per heavy atom. The third-order valence-corrected chi connectivity index (χ3v) is 6.78. The van der Waals surface area contributed by atoms with E-state index in [4.69, 9.17) is 9.47 Å². The number of carbonyl (C=O) groups is 3. The Labute approximate surface area is 265 Å². The van der Waals surface area contributed by atoms with Crippen LogP contribution in [0.4, 0.5) is 17.1 Å². The topological polar surface area (TPSA) is 241 Å². The van der Waals surface area contributed by atoms with E-state index in [0.717, 1.165) is 18.2 Å². The van der Waals surface area contributed by atoms with Crippen LogP contribution in [0.2, 0.25) is 0 Å². The van der Waals surface area contributed by atoms with Crippen molar-refractivity contribution >= 4 is 34.9 Å². The van der Waals surface area contributed by atoms with Gasteiger partial charge in [-0.25, -0.2) is 9.59 Å². The fourth-order valence-corrected chi connectivity index (χ4v) is 4.64. The van der Waals surface area contributed by atoms with Crippen molar-refractivity contribution in [1.29, 1.82) is 0 Å². The Balaban J connectivity index is 1.30. The minimum Gasteiger partial charge on any atom is -0.493 e. The summed E-state index contributed by atoms with van der Waals surface area (Å²) < 4.78 is 11.4. The maximum atomic E-state index is 12.7. The van der Waals surface area contributed by atoms with Crippen molar-refractivity contribution < 1.29 is 49.1 Å². The van der Waals surface area contributed by atoms with Crippen molar-refractivity contribution in [1.82, 2.24) is 5.48 Å². The summed E-state index contributed by atoms with van der Waals surface area (Å²) in [6.07, 6.45) is 0.453. The summed E-state index contributed by atoms with van der Waals surface area (Å²) in [7, 11) is 0. The van der Waals surface area contributed by atoms with E-state index in [1.165, 1.54) is 42.5 Å². The SMILES string of the molecule is O=C(O)c1cccc([N+](=O)[O-])c1C(=O)Nc1ccc(OCCCOc2ccc(C(NO)c3c(C(=O)O)cccc3[N+](=O)[O-])cc2)cc1. The van der Waals surface area contributed by atoms with Gasteiger partial charge in [-0.15, -0.1) is 0 Å². The summed E-state index contributed by atoms with van der Waals surface area (Å²) in [5.41, 5.74) is -0.162. The molecule has 0 aliphatic heterocycles. The maximum Gasteiger partial charge on any atom is 0.336 e. The number of aromatic carboxylic acids is 2. The van der Waals surface area contributed by atoms with Crippen LogP contribution in [-0.4, -0.2) is 56.3 Å². The van der Waals surface area contributed by atoms with E-state index in [9.17, 15) is 50.0 Å². The maximum absolute atomic E-state index is 12.7. The van der Waals surface area contributed by atoms with Crippen LogP contribution in [0.3, 0.4) is 0 Å². The molecule has 1 unspecified atom stereocenters. The van der Waals surface area contributed by atoms with Crippen LogP contribution in [0.1, 0.15) is 54.7 Å². The van der Waals surface area contributed by atoms with Gasteiger partial charge in [-0.3, -0.25) is 25.0 Å². The fourth-order valence-electron chi connectivity index (χ4n) is 4.64. The van der Waals surface area contributed by atoms with Crippen LogP contribution in [-0.2, 0) is 0 Å². The standard InChI is InChI=1S/C31H26N4O12/c36-29(27-23(31(39)40)5-2-7-25(27)35(44)45)32-19-10-14-21(15-11-19)47-17-3-16-46-20-12-8-18(9-13-20)28(33-41)26-22(30(37)38)4-1-6-24(26)34(42)43/h1-2,4-15,28,33,41H,3,16-17H2,(H,32,36)(H,37,38)(H,39,40). The van der Waals surface area contributed by atoms with Gasteiger partial charge in [0.2, 0.25) is 0 Å². The molecule has 4 aromatic carbocycles. The summed E-state index contributed by atoms with van der Waals surface area (Å²) in [4.78, 5) is 57.3. The summed E-state index contributed by atoms with van der Waals surface area (Å²) in [5, 5.41) is 54.0. The molecule has 4 rings (SSSR count). The Hall–Kier alpha value is -6.39. The van der Waals surface area contributed by atoms with Gasteiger partial charge in [0.15, 0.2) is 0 Å². The zero-order valence-corrected chi connectivity index (χ0v) is 24.2. The fraction of sp³-hybridized carbons (Fsp3) is 0.129. The summed E-state index contributed by atoms with van der Waals surface area (Å²) >= 11 is 0. The first-order chi connectivity index (χ1) is 22.5. The molecule has 1 atom stereocenters. The Morgan fingerprint density at radius 2 is 1.23 bits per heavy atom. The number of amides is 1. The minimum absolute atomic E-state index is 0.207. The van der Waals surface area contributed by atoms with Crippen molar-refractivity contribution in [2.75, 3.05) is 18.5 Å². The number of hydroxylamine groups is 1. The molecule has 1 amide bonds. The molecule has 0 aromatic heterocycles. The molecule has 0 saturated heterocycles. The number of hydrogen-bond acceptors (Lipinski definition) is 11. The monoisotopic (exact) mass is 646 g/mol. The van der Waals surface area contributed by atoms with Crippen molar-refractivity contribution in [3.63, 3.8) is 0 Å². The van der Waals surface area contributed by atoms with Crippen molar-refractivity contribution in [3.8, 4) is 11.5 Å². The van der Waals surface area contributed by atoms with E-state index in [2.05, 4.69) is 5.32 Å². The third-order valence-electron chi connectivity index (χ3n) is 6.78. The third kappa shape index (κ3) is 8.01. The predicted molar refractivity (Wildman–Crippen MR) is 163 cm³/mol. The molecule has 0 aliphatic rings. The first kappa shape index (κ1) is 33.5. The number of benzene rings is 4. The second-order valence-corrected chi connectivity index (χ2v) is 9.72. The van der Waals surface area contributed by atoms with Crippen molar-refractivity contribution in [3.05, 3.63) is 133 Å². The number of ether oxygens (including phenoxy) is 2. The minimum atomic E-state index is -1.48. The molecule has 47 heavy (non-hydrogen) atoms. The molecule has 0 radical (unpaired) electrons. The zero-order valence-electron chi connectivity index (χ0n) is 24.2. The average molecular weight is 647 g/mol. The van der Waals surface area contributed by atoms with E-state index in [0.29, 0.717) is 23.5 Å². The van der Waals surface area contributed by atoms with Crippen LogP contribution in [0.15, 0.2) is 84.9 Å². The highest BCUT2D eigenvalue weighted by Crippen LogP contribution is 2.33. The number of carboxylic acids is 2. The van der Waals surface area contributed by atoms with Gasteiger partial charge in [0.25, 0.3) is 17.3 Å². The molecule has 0 aliphatic carbocycles. The van der Waals surface area contributed by atoms with Crippen LogP contribution in [0.5, 0.6) is 11.5 Å². The van der Waals surface area contributed by atoms with Gasteiger partial charge in [-0.2, -0.15) is 5.48 Å². The van der Waals surface area contributed by atoms with E-state index in [1.54, 1.807) is 24.3 Å². The number of nitro groups is 2. The second kappa shape index (κ2) is 15.1. The van der Waals surface area contributed by atoms with E-state index in [1.807, 2.05) is 5.48 Å². The van der Waals surface area contributed by atoms with Crippen molar-refractivity contribution in [2.24, 2.45) is 0 Å². The number of nitrogens with one attached hydrogen (secondary N) is 2. The van der Waals surface area contributed by atoms with E-state index < -0.39 is 56.2 Å². The molecule has 0 saturated carbocycles. The number of rotatable bonds is 15. The van der Waals surface area contributed by atoms with Crippen molar-refractivity contribution in [2.45, 2.75) is 12.5 Å². The van der Waals surface area contributed by atoms with Gasteiger partial charge in [0, 0.05) is 24.2 Å². The number of hydrogen-bond donors (Lipinski definition) is 5. The first-order valence-electron chi connectivity index (χ1n) is 13.7. The van der Waals surface area contributed by atoms with E-state index >= 15 is 0 Å².